The summed E-state index contributed by atoms with van der Waals surface area (Å²) in [4.78, 5) is 12.5. The van der Waals surface area contributed by atoms with Crippen molar-refractivity contribution in [2.24, 2.45) is 0 Å². The fraction of sp³-hybridized carbons (Fsp3) is 0.308. The fourth-order valence-electron chi connectivity index (χ4n) is 1.39. The Hall–Kier alpha value is -1.97. The Morgan fingerprint density at radius 1 is 1.06 bits per heavy atom. The minimum absolute atomic E-state index is 0.467. The van der Waals surface area contributed by atoms with Crippen LogP contribution in [0.5, 0.6) is 11.8 Å². The molecule has 0 spiro atoms. The van der Waals surface area contributed by atoms with Crippen molar-refractivity contribution in [1.29, 1.82) is 0 Å². The molecule has 2 aromatic rings. The molecule has 4 heteroatoms. The lowest BCUT2D eigenvalue weighted by Gasteiger charge is -2.07. The minimum Gasteiger partial charge on any atom is -0.419 e. The van der Waals surface area contributed by atoms with Gasteiger partial charge in [-0.2, -0.15) is 0 Å². The number of ether oxygens (including phenoxy) is 1. The van der Waals surface area contributed by atoms with Gasteiger partial charge in [-0.15, -0.1) is 0 Å². The Labute approximate surface area is 101 Å². The third kappa shape index (κ3) is 2.78. The molecule has 0 bridgehead atoms. The van der Waals surface area contributed by atoms with E-state index in [0.29, 0.717) is 17.7 Å². The molecule has 17 heavy (non-hydrogen) atoms. The van der Waals surface area contributed by atoms with Crippen molar-refractivity contribution in [3.8, 4) is 11.8 Å². The first-order chi connectivity index (χ1) is 8.16. The molecule has 0 unspecified atom stereocenters. The van der Waals surface area contributed by atoms with Crippen LogP contribution < -0.4 is 4.74 Å². The summed E-state index contributed by atoms with van der Waals surface area (Å²) < 4.78 is 5.56. The smallest absolute Gasteiger partial charge is 0.242 e. The summed E-state index contributed by atoms with van der Waals surface area (Å²) in [5, 5.41) is 0. The van der Waals surface area contributed by atoms with Gasteiger partial charge in [-0.3, -0.25) is 4.98 Å². The molecule has 0 saturated heterocycles. The van der Waals surface area contributed by atoms with Crippen molar-refractivity contribution in [2.45, 2.75) is 26.7 Å². The van der Waals surface area contributed by atoms with E-state index in [-0.39, 0.29) is 0 Å². The molecule has 0 saturated carbocycles. The second kappa shape index (κ2) is 4.91. The van der Waals surface area contributed by atoms with Gasteiger partial charge >= 0.3 is 0 Å². The zero-order chi connectivity index (χ0) is 12.3. The predicted octanol–water partition coefficient (Wildman–Crippen LogP) is 3.10. The second-order valence-electron chi connectivity index (χ2n) is 4.13. The minimum atomic E-state index is 0.467. The lowest BCUT2D eigenvalue weighted by molar-refractivity contribution is 0.437. The van der Waals surface area contributed by atoms with E-state index in [4.69, 9.17) is 4.74 Å². The van der Waals surface area contributed by atoms with Gasteiger partial charge < -0.3 is 4.74 Å². The fourth-order valence-corrected chi connectivity index (χ4v) is 1.39. The topological polar surface area (TPSA) is 47.9 Å². The molecule has 0 aliphatic carbocycles. The summed E-state index contributed by atoms with van der Waals surface area (Å²) in [6.45, 7) is 6.11. The maximum atomic E-state index is 5.56. The van der Waals surface area contributed by atoms with E-state index < -0.39 is 0 Å². The van der Waals surface area contributed by atoms with E-state index in [2.05, 4.69) is 28.8 Å². The number of pyridine rings is 1. The summed E-state index contributed by atoms with van der Waals surface area (Å²) in [6.07, 6.45) is 5.06. The van der Waals surface area contributed by atoms with Crippen LogP contribution in [0.15, 0.2) is 30.7 Å². The lowest BCUT2D eigenvalue weighted by Crippen LogP contribution is -1.96. The molecular formula is C13H15N3O. The summed E-state index contributed by atoms with van der Waals surface area (Å²) in [6, 6.07) is 3.86. The van der Waals surface area contributed by atoms with Crippen molar-refractivity contribution in [1.82, 2.24) is 15.0 Å². The zero-order valence-electron chi connectivity index (χ0n) is 10.2. The Balaban J connectivity index is 2.17. The van der Waals surface area contributed by atoms with Gasteiger partial charge in [0.15, 0.2) is 0 Å². The van der Waals surface area contributed by atoms with Crippen molar-refractivity contribution >= 4 is 0 Å². The van der Waals surface area contributed by atoms with Gasteiger partial charge in [-0.1, -0.05) is 19.9 Å². The maximum Gasteiger partial charge on any atom is 0.242 e. The maximum absolute atomic E-state index is 5.56. The van der Waals surface area contributed by atoms with E-state index in [0.717, 1.165) is 5.69 Å². The van der Waals surface area contributed by atoms with Crippen LogP contribution in [0.3, 0.4) is 0 Å². The highest BCUT2D eigenvalue weighted by atomic mass is 16.5. The van der Waals surface area contributed by atoms with Crippen molar-refractivity contribution in [2.75, 3.05) is 0 Å². The predicted molar refractivity (Wildman–Crippen MR) is 65.2 cm³/mol. The Bertz CT molecular complexity index is 494. The molecule has 4 nitrogen and oxygen atoms in total. The van der Waals surface area contributed by atoms with Gasteiger partial charge in [0.2, 0.25) is 11.8 Å². The standard InChI is InChI=1S/C13H15N3O/c1-9(2)11-4-5-12(16-8-11)17-13-10(3)14-6-7-15-13/h4-9H,1-3H3. The van der Waals surface area contributed by atoms with Crippen LogP contribution in [0.4, 0.5) is 0 Å². The lowest BCUT2D eigenvalue weighted by atomic mass is 10.1. The number of rotatable bonds is 3. The van der Waals surface area contributed by atoms with Gasteiger partial charge in [0.05, 0.1) is 5.69 Å². The van der Waals surface area contributed by atoms with Crippen LogP contribution in [0.1, 0.15) is 31.0 Å². The second-order valence-corrected chi connectivity index (χ2v) is 4.13. The highest BCUT2D eigenvalue weighted by molar-refractivity contribution is 5.25. The van der Waals surface area contributed by atoms with E-state index in [9.17, 15) is 0 Å². The van der Waals surface area contributed by atoms with Crippen molar-refractivity contribution in [3.63, 3.8) is 0 Å². The number of hydrogen-bond donors (Lipinski definition) is 0. The first-order valence-electron chi connectivity index (χ1n) is 5.58. The highest BCUT2D eigenvalue weighted by Crippen LogP contribution is 2.20. The Kier molecular flexibility index (Phi) is 3.32. The van der Waals surface area contributed by atoms with E-state index in [1.807, 2.05) is 25.3 Å². The van der Waals surface area contributed by atoms with E-state index in [1.54, 1.807) is 12.4 Å². The van der Waals surface area contributed by atoms with Gasteiger partial charge in [0.25, 0.3) is 0 Å². The van der Waals surface area contributed by atoms with Crippen LogP contribution in [-0.2, 0) is 0 Å². The van der Waals surface area contributed by atoms with Gasteiger partial charge in [0, 0.05) is 24.7 Å². The van der Waals surface area contributed by atoms with Gasteiger partial charge in [-0.05, 0) is 18.4 Å². The molecule has 2 rings (SSSR count). The average Bonchev–Trinajstić information content (AvgIpc) is 2.33. The SMILES string of the molecule is Cc1nccnc1Oc1ccc(C(C)C)cn1. The van der Waals surface area contributed by atoms with Gasteiger partial charge in [-0.25, -0.2) is 9.97 Å². The molecule has 2 aromatic heterocycles. The molecule has 2 heterocycles. The monoisotopic (exact) mass is 229 g/mol. The molecule has 0 N–H and O–H groups in total. The molecular weight excluding hydrogens is 214 g/mol. The quantitative estimate of drug-likeness (QED) is 0.811. The van der Waals surface area contributed by atoms with Crippen molar-refractivity contribution in [3.05, 3.63) is 42.0 Å². The Morgan fingerprint density at radius 2 is 1.82 bits per heavy atom. The van der Waals surface area contributed by atoms with E-state index >= 15 is 0 Å². The Morgan fingerprint density at radius 3 is 2.41 bits per heavy atom. The van der Waals surface area contributed by atoms with Crippen molar-refractivity contribution < 1.29 is 4.74 Å². The first-order valence-corrected chi connectivity index (χ1v) is 5.58. The van der Waals surface area contributed by atoms with Crippen LogP contribution in [0.2, 0.25) is 0 Å². The van der Waals surface area contributed by atoms with Crippen LogP contribution in [-0.4, -0.2) is 15.0 Å². The number of nitrogens with zero attached hydrogens (tertiary/aromatic N) is 3. The third-order valence-corrected chi connectivity index (χ3v) is 2.46. The molecule has 0 aliphatic rings. The zero-order valence-corrected chi connectivity index (χ0v) is 10.2. The summed E-state index contributed by atoms with van der Waals surface area (Å²) >= 11 is 0. The molecule has 0 amide bonds. The van der Waals surface area contributed by atoms with E-state index in [1.165, 1.54) is 5.56 Å². The molecule has 0 fully saturated rings. The number of aryl methyl sites for hydroxylation is 1. The normalized spacial score (nSPS) is 10.6. The van der Waals surface area contributed by atoms with Gasteiger partial charge in [0.1, 0.15) is 0 Å². The first kappa shape index (κ1) is 11.5. The highest BCUT2D eigenvalue weighted by Gasteiger charge is 2.05. The summed E-state index contributed by atoms with van der Waals surface area (Å²) in [5.41, 5.74) is 1.94. The number of aromatic nitrogens is 3. The third-order valence-electron chi connectivity index (χ3n) is 2.46. The summed E-state index contributed by atoms with van der Waals surface area (Å²) in [7, 11) is 0. The molecule has 0 aliphatic heterocycles. The van der Waals surface area contributed by atoms with Crippen LogP contribution >= 0.6 is 0 Å². The molecule has 88 valence electrons. The molecule has 0 aromatic carbocycles. The molecule has 0 atom stereocenters. The largest absolute Gasteiger partial charge is 0.419 e. The van der Waals surface area contributed by atoms with Crippen LogP contribution in [0, 0.1) is 6.92 Å². The molecule has 0 radical (unpaired) electrons. The summed E-state index contributed by atoms with van der Waals surface area (Å²) in [5.74, 6) is 1.50. The number of hydrogen-bond acceptors (Lipinski definition) is 4. The average molecular weight is 229 g/mol. The van der Waals surface area contributed by atoms with Crippen LogP contribution in [0.25, 0.3) is 0 Å².